The number of likely N-dealkylation sites (tertiary alicyclic amines) is 1. The number of hydrogen-bond acceptors (Lipinski definition) is 3. The monoisotopic (exact) mass is 297 g/mol. The smallest absolute Gasteiger partial charge is 0.239 e. The van der Waals surface area contributed by atoms with Gasteiger partial charge in [0.25, 0.3) is 0 Å². The second-order valence-electron chi connectivity index (χ2n) is 4.30. The molecule has 17 heavy (non-hydrogen) atoms. The Balaban J connectivity index is 1.89. The quantitative estimate of drug-likeness (QED) is 0.921. The van der Waals surface area contributed by atoms with E-state index < -0.39 is 0 Å². The largest absolute Gasteiger partial charge is 0.344 e. The predicted octanol–water partition coefficient (Wildman–Crippen LogP) is 1.55. The molecule has 0 saturated carbocycles. The summed E-state index contributed by atoms with van der Waals surface area (Å²) in [6.07, 6.45) is 3.75. The van der Waals surface area contributed by atoms with Crippen molar-refractivity contribution in [1.82, 2.24) is 15.2 Å². The lowest BCUT2D eigenvalue weighted by molar-refractivity contribution is -0.134. The van der Waals surface area contributed by atoms with Crippen LogP contribution in [-0.4, -0.2) is 35.4 Å². The molecule has 1 aliphatic heterocycles. The van der Waals surface area contributed by atoms with Gasteiger partial charge < -0.3 is 10.2 Å². The molecule has 92 valence electrons. The highest BCUT2D eigenvalue weighted by Crippen LogP contribution is 2.11. The summed E-state index contributed by atoms with van der Waals surface area (Å²) in [6.45, 7) is 1.51. The van der Waals surface area contributed by atoms with E-state index >= 15 is 0 Å². The van der Waals surface area contributed by atoms with Crippen molar-refractivity contribution < 1.29 is 4.79 Å². The second kappa shape index (κ2) is 5.60. The average molecular weight is 298 g/mol. The first-order valence-electron chi connectivity index (χ1n) is 5.75. The van der Waals surface area contributed by atoms with Gasteiger partial charge in [-0.15, -0.1) is 0 Å². The van der Waals surface area contributed by atoms with Crippen LogP contribution in [0.15, 0.2) is 22.8 Å². The van der Waals surface area contributed by atoms with Gasteiger partial charge in [0.15, 0.2) is 0 Å². The highest BCUT2D eigenvalue weighted by molar-refractivity contribution is 9.10. The van der Waals surface area contributed by atoms with Crippen molar-refractivity contribution in [2.45, 2.75) is 25.4 Å². The van der Waals surface area contributed by atoms with E-state index in [-0.39, 0.29) is 11.9 Å². The van der Waals surface area contributed by atoms with Crippen molar-refractivity contribution in [3.63, 3.8) is 0 Å². The minimum absolute atomic E-state index is 0.0563. The van der Waals surface area contributed by atoms with E-state index in [2.05, 4.69) is 26.2 Å². The average Bonchev–Trinajstić information content (AvgIpc) is 2.33. The summed E-state index contributed by atoms with van der Waals surface area (Å²) in [4.78, 5) is 17.9. The highest BCUT2D eigenvalue weighted by Gasteiger charge is 2.25. The fourth-order valence-corrected chi connectivity index (χ4v) is 2.19. The molecule has 5 heteroatoms. The number of piperidine rings is 1. The van der Waals surface area contributed by atoms with Gasteiger partial charge in [0.05, 0.1) is 11.7 Å². The van der Waals surface area contributed by atoms with Gasteiger partial charge in [-0.25, -0.2) is 0 Å². The van der Waals surface area contributed by atoms with E-state index in [4.69, 9.17) is 0 Å². The molecule has 1 fully saturated rings. The summed E-state index contributed by atoms with van der Waals surface area (Å²) in [5.41, 5.74) is 0.953. The van der Waals surface area contributed by atoms with Crippen LogP contribution in [0.4, 0.5) is 0 Å². The maximum atomic E-state index is 11.8. The number of pyridine rings is 1. The fraction of sp³-hybridized carbons (Fsp3) is 0.500. The Labute approximate surface area is 110 Å². The van der Waals surface area contributed by atoms with Crippen molar-refractivity contribution in [3.8, 4) is 0 Å². The number of aromatic nitrogens is 1. The minimum atomic E-state index is -0.0563. The maximum absolute atomic E-state index is 11.8. The number of likely N-dealkylation sites (N-methyl/N-ethyl adjacent to an activating group) is 1. The van der Waals surface area contributed by atoms with E-state index in [0.717, 1.165) is 29.6 Å². The first-order chi connectivity index (χ1) is 8.16. The molecule has 1 unspecified atom stereocenters. The number of hydrogen-bond donors (Lipinski definition) is 1. The standard InChI is InChI=1S/C12H16BrN3O/c1-16-6-2-3-11(12(16)17)15-8-10-5-4-9(13)7-14-10/h4-5,7,11,15H,2-3,6,8H2,1H3. The van der Waals surface area contributed by atoms with Gasteiger partial charge in [0.2, 0.25) is 5.91 Å². The Bertz CT molecular complexity index is 393. The number of nitrogens with zero attached hydrogens (tertiary/aromatic N) is 2. The molecule has 1 aromatic rings. The number of rotatable bonds is 3. The van der Waals surface area contributed by atoms with Crippen molar-refractivity contribution in [1.29, 1.82) is 0 Å². The number of carbonyl (C=O) groups excluding carboxylic acids is 1. The van der Waals surface area contributed by atoms with E-state index in [0.29, 0.717) is 6.54 Å². The van der Waals surface area contributed by atoms with Crippen LogP contribution >= 0.6 is 15.9 Å². The van der Waals surface area contributed by atoms with Crippen molar-refractivity contribution in [2.24, 2.45) is 0 Å². The third-order valence-electron chi connectivity index (χ3n) is 2.98. The SMILES string of the molecule is CN1CCCC(NCc2ccc(Br)cn2)C1=O. The summed E-state index contributed by atoms with van der Waals surface area (Å²) in [6, 6.07) is 3.85. The number of amides is 1. The van der Waals surface area contributed by atoms with Crippen molar-refractivity contribution >= 4 is 21.8 Å². The van der Waals surface area contributed by atoms with Gasteiger partial charge in [-0.3, -0.25) is 9.78 Å². The molecular weight excluding hydrogens is 282 g/mol. The van der Waals surface area contributed by atoms with Crippen LogP contribution < -0.4 is 5.32 Å². The zero-order valence-corrected chi connectivity index (χ0v) is 11.4. The summed E-state index contributed by atoms with van der Waals surface area (Å²) >= 11 is 3.35. The highest BCUT2D eigenvalue weighted by atomic mass is 79.9. The summed E-state index contributed by atoms with van der Waals surface area (Å²) in [5.74, 6) is 0.188. The second-order valence-corrected chi connectivity index (χ2v) is 5.22. The Hall–Kier alpha value is -0.940. The molecule has 1 amide bonds. The van der Waals surface area contributed by atoms with E-state index in [1.54, 1.807) is 11.1 Å². The number of halogens is 1. The topological polar surface area (TPSA) is 45.2 Å². The molecule has 1 saturated heterocycles. The lowest BCUT2D eigenvalue weighted by Gasteiger charge is -2.29. The van der Waals surface area contributed by atoms with Crippen LogP contribution in [-0.2, 0) is 11.3 Å². The molecule has 0 spiro atoms. The zero-order chi connectivity index (χ0) is 12.3. The van der Waals surface area contributed by atoms with Gasteiger partial charge in [-0.2, -0.15) is 0 Å². The molecule has 0 aromatic carbocycles. The lowest BCUT2D eigenvalue weighted by Crippen LogP contribution is -2.48. The molecule has 2 rings (SSSR count). The van der Waals surface area contributed by atoms with Crippen LogP contribution in [0, 0.1) is 0 Å². The normalized spacial score (nSPS) is 20.7. The molecule has 0 bridgehead atoms. The fourth-order valence-electron chi connectivity index (χ4n) is 1.96. The van der Waals surface area contributed by atoms with Gasteiger partial charge in [-0.1, -0.05) is 0 Å². The molecule has 1 aliphatic rings. The molecule has 0 radical (unpaired) electrons. The molecular formula is C12H16BrN3O. The first-order valence-corrected chi connectivity index (χ1v) is 6.55. The summed E-state index contributed by atoms with van der Waals surface area (Å²) in [5, 5.41) is 3.27. The third-order valence-corrected chi connectivity index (χ3v) is 3.45. The zero-order valence-electron chi connectivity index (χ0n) is 9.82. The predicted molar refractivity (Wildman–Crippen MR) is 69.4 cm³/mol. The Morgan fingerprint density at radius 3 is 3.12 bits per heavy atom. The van der Waals surface area contributed by atoms with Crippen molar-refractivity contribution in [2.75, 3.05) is 13.6 Å². The molecule has 1 N–H and O–H groups in total. The van der Waals surface area contributed by atoms with Crippen LogP contribution in [0.1, 0.15) is 18.5 Å². The van der Waals surface area contributed by atoms with Gasteiger partial charge >= 0.3 is 0 Å². The minimum Gasteiger partial charge on any atom is -0.344 e. The van der Waals surface area contributed by atoms with Gasteiger partial charge in [-0.05, 0) is 40.9 Å². The van der Waals surface area contributed by atoms with Crippen molar-refractivity contribution in [3.05, 3.63) is 28.5 Å². The maximum Gasteiger partial charge on any atom is 0.239 e. The van der Waals surface area contributed by atoms with E-state index in [1.807, 2.05) is 19.2 Å². The van der Waals surface area contributed by atoms with Gasteiger partial charge in [0, 0.05) is 30.8 Å². The molecule has 1 aromatic heterocycles. The molecule has 0 aliphatic carbocycles. The lowest BCUT2D eigenvalue weighted by atomic mass is 10.1. The van der Waals surface area contributed by atoms with Crippen LogP contribution in [0.2, 0.25) is 0 Å². The Kier molecular flexibility index (Phi) is 4.12. The molecule has 1 atom stereocenters. The van der Waals surface area contributed by atoms with Crippen LogP contribution in [0.5, 0.6) is 0 Å². The summed E-state index contributed by atoms with van der Waals surface area (Å²) in [7, 11) is 1.86. The first kappa shape index (κ1) is 12.5. The molecule has 2 heterocycles. The van der Waals surface area contributed by atoms with E-state index in [9.17, 15) is 4.79 Å². The van der Waals surface area contributed by atoms with Crippen LogP contribution in [0.25, 0.3) is 0 Å². The number of carbonyl (C=O) groups is 1. The van der Waals surface area contributed by atoms with Gasteiger partial charge in [0.1, 0.15) is 0 Å². The Morgan fingerprint density at radius 1 is 1.59 bits per heavy atom. The number of nitrogens with one attached hydrogen (secondary N) is 1. The third kappa shape index (κ3) is 3.26. The van der Waals surface area contributed by atoms with E-state index in [1.165, 1.54) is 0 Å². The van der Waals surface area contributed by atoms with Crippen LogP contribution in [0.3, 0.4) is 0 Å². The Morgan fingerprint density at radius 2 is 2.41 bits per heavy atom. The molecule has 4 nitrogen and oxygen atoms in total. The summed E-state index contributed by atoms with van der Waals surface area (Å²) < 4.78 is 0.967.